The highest BCUT2D eigenvalue weighted by Gasteiger charge is 2.29. The number of nitrogens with zero attached hydrogens (tertiary/aromatic N) is 3. The fourth-order valence-electron chi connectivity index (χ4n) is 4.74. The van der Waals surface area contributed by atoms with Gasteiger partial charge < -0.3 is 20.3 Å². The van der Waals surface area contributed by atoms with Crippen LogP contribution in [0.1, 0.15) is 11.1 Å². The van der Waals surface area contributed by atoms with E-state index in [4.69, 9.17) is 4.74 Å². The van der Waals surface area contributed by atoms with Crippen molar-refractivity contribution in [3.63, 3.8) is 0 Å². The van der Waals surface area contributed by atoms with Gasteiger partial charge in [-0.15, -0.1) is 0 Å². The van der Waals surface area contributed by atoms with Crippen molar-refractivity contribution in [1.82, 2.24) is 4.90 Å². The Morgan fingerprint density at radius 2 is 1.73 bits per heavy atom. The van der Waals surface area contributed by atoms with E-state index >= 15 is 0 Å². The van der Waals surface area contributed by atoms with Crippen molar-refractivity contribution in [2.45, 2.75) is 0 Å². The molecule has 0 aromatic heterocycles. The number of fused-ring (bicyclic) bond motifs is 1. The number of rotatable bonds is 9. The van der Waals surface area contributed by atoms with Crippen LogP contribution in [0.5, 0.6) is 0 Å². The Kier molecular flexibility index (Phi) is 7.70. The lowest BCUT2D eigenvalue weighted by atomic mass is 9.99. The Bertz CT molecular complexity index is 1620. The zero-order valence-electron chi connectivity index (χ0n) is 22.8. The molecule has 3 aromatic carbocycles. The molecule has 0 spiro atoms. The third-order valence-corrected chi connectivity index (χ3v) is 7.97. The van der Waals surface area contributed by atoms with Crippen LogP contribution >= 0.6 is 0 Å². The van der Waals surface area contributed by atoms with E-state index in [1.807, 2.05) is 19.0 Å². The Hall–Kier alpha value is -4.42. The summed E-state index contributed by atoms with van der Waals surface area (Å²) in [6, 6.07) is 18.1. The van der Waals surface area contributed by atoms with Crippen LogP contribution in [0.25, 0.3) is 11.3 Å². The van der Waals surface area contributed by atoms with Gasteiger partial charge in [-0.25, -0.2) is 17.6 Å². The molecule has 5 rings (SSSR count). The molecule has 10 nitrogen and oxygen atoms in total. The summed E-state index contributed by atoms with van der Waals surface area (Å²) in [7, 11) is 0.237. The Morgan fingerprint density at radius 1 is 1.02 bits per heavy atom. The summed E-state index contributed by atoms with van der Waals surface area (Å²) in [5.74, 6) is -0.870. The number of carbonyl (C=O) groups excluding carboxylic acids is 2. The largest absolute Gasteiger partial charge is 0.447 e. The molecule has 1 saturated heterocycles. The summed E-state index contributed by atoms with van der Waals surface area (Å²) in [6.45, 7) is 1.59. The van der Waals surface area contributed by atoms with Gasteiger partial charge in [0, 0.05) is 30.0 Å². The molecule has 12 heteroatoms. The predicted molar refractivity (Wildman–Crippen MR) is 158 cm³/mol. The predicted octanol–water partition coefficient (Wildman–Crippen LogP) is 4.04. The molecule has 2 aliphatic rings. The Labute approximate surface area is 238 Å². The first-order chi connectivity index (χ1) is 19.5. The molecule has 41 heavy (non-hydrogen) atoms. The van der Waals surface area contributed by atoms with Gasteiger partial charge in [0.1, 0.15) is 12.4 Å². The monoisotopic (exact) mass is 579 g/mol. The number of anilines is 4. The summed E-state index contributed by atoms with van der Waals surface area (Å²) in [4.78, 5) is 28.6. The van der Waals surface area contributed by atoms with Gasteiger partial charge in [0.25, 0.3) is 5.91 Å². The van der Waals surface area contributed by atoms with Crippen LogP contribution < -0.4 is 19.8 Å². The molecule has 2 heterocycles. The number of carbonyl (C=O) groups is 2. The number of hydrogen-bond donors (Lipinski definition) is 2. The minimum atomic E-state index is -3.51. The molecule has 2 amide bonds. The van der Waals surface area contributed by atoms with Crippen molar-refractivity contribution in [2.75, 3.05) is 66.4 Å². The number of ether oxygens (including phenoxy) is 1. The Balaban J connectivity index is 1.53. The molecule has 2 aliphatic heterocycles. The number of halogens is 1. The fraction of sp³-hybridized carbons (Fsp3) is 0.241. The number of nitrogens with one attached hydrogen (secondary N) is 2. The van der Waals surface area contributed by atoms with Crippen molar-refractivity contribution in [2.24, 2.45) is 0 Å². The van der Waals surface area contributed by atoms with E-state index in [9.17, 15) is 22.4 Å². The second-order valence-corrected chi connectivity index (χ2v) is 11.9. The molecular weight excluding hydrogens is 549 g/mol. The first kappa shape index (κ1) is 28.1. The normalized spacial score (nSPS) is 16.0. The van der Waals surface area contributed by atoms with Crippen LogP contribution in [0.3, 0.4) is 0 Å². The smallest absolute Gasteiger partial charge is 0.414 e. The molecule has 214 valence electrons. The lowest BCUT2D eigenvalue weighted by molar-refractivity contribution is -0.110. The minimum Gasteiger partial charge on any atom is -0.447 e. The standard InChI is InChI=1S/C29H30FN5O5S/c1-33(2)14-15-35(41(3,38)39)23-11-7-21(8-12-23)31-27(26-24-13-6-20(30)18-25(24)32-28(26)36)19-4-9-22(10-5-19)34-16-17-40-29(34)37/h4-13,18,31H,14-17H2,1-3H3,(H,32,36). The van der Waals surface area contributed by atoms with Crippen LogP contribution in [0.15, 0.2) is 66.7 Å². The average Bonchev–Trinajstić information content (AvgIpc) is 3.49. The summed E-state index contributed by atoms with van der Waals surface area (Å²) in [6.07, 6.45) is 0.747. The summed E-state index contributed by atoms with van der Waals surface area (Å²) in [5, 5.41) is 6.05. The maximum Gasteiger partial charge on any atom is 0.414 e. The number of likely N-dealkylation sites (N-methyl/N-ethyl adjacent to an activating group) is 1. The summed E-state index contributed by atoms with van der Waals surface area (Å²) < 4.78 is 45.2. The van der Waals surface area contributed by atoms with E-state index in [1.54, 1.807) is 54.6 Å². The molecule has 0 radical (unpaired) electrons. The highest BCUT2D eigenvalue weighted by Crippen LogP contribution is 2.38. The zero-order valence-corrected chi connectivity index (χ0v) is 23.7. The first-order valence-electron chi connectivity index (χ1n) is 12.9. The van der Waals surface area contributed by atoms with Crippen LogP contribution in [-0.2, 0) is 19.6 Å². The second-order valence-electron chi connectivity index (χ2n) is 10.0. The molecule has 0 bridgehead atoms. The number of amides is 2. The van der Waals surface area contributed by atoms with Crippen molar-refractivity contribution in [1.29, 1.82) is 0 Å². The van der Waals surface area contributed by atoms with Crippen molar-refractivity contribution in [3.05, 3.63) is 83.7 Å². The van der Waals surface area contributed by atoms with Crippen molar-refractivity contribution < 1.29 is 27.1 Å². The molecule has 3 aromatic rings. The second kappa shape index (κ2) is 11.2. The van der Waals surface area contributed by atoms with E-state index in [0.29, 0.717) is 71.4 Å². The van der Waals surface area contributed by atoms with Gasteiger partial charge >= 0.3 is 6.09 Å². The molecule has 2 N–H and O–H groups in total. The van der Waals surface area contributed by atoms with Gasteiger partial charge in [0.05, 0.1) is 35.4 Å². The minimum absolute atomic E-state index is 0.290. The summed E-state index contributed by atoms with van der Waals surface area (Å²) in [5.41, 5.74) is 4.10. The van der Waals surface area contributed by atoms with Crippen LogP contribution in [0, 0.1) is 5.82 Å². The van der Waals surface area contributed by atoms with Gasteiger partial charge in [-0.3, -0.25) is 14.0 Å². The molecule has 1 fully saturated rings. The molecule has 0 saturated carbocycles. The van der Waals surface area contributed by atoms with Crippen molar-refractivity contribution in [3.8, 4) is 0 Å². The molecule has 0 aliphatic carbocycles. The number of cyclic esters (lactones) is 1. The average molecular weight is 580 g/mol. The van der Waals surface area contributed by atoms with Gasteiger partial charge in [-0.2, -0.15) is 0 Å². The third kappa shape index (κ3) is 6.03. The first-order valence-corrected chi connectivity index (χ1v) is 14.8. The quantitative estimate of drug-likeness (QED) is 0.368. The fourth-order valence-corrected chi connectivity index (χ4v) is 5.66. The highest BCUT2D eigenvalue weighted by atomic mass is 32.2. The van der Waals surface area contributed by atoms with Crippen molar-refractivity contribution >= 4 is 56.0 Å². The maximum atomic E-state index is 13.9. The molecule has 0 atom stereocenters. The molecule has 0 unspecified atom stereocenters. The lowest BCUT2D eigenvalue weighted by Gasteiger charge is -2.24. The van der Waals surface area contributed by atoms with Gasteiger partial charge in [0.2, 0.25) is 10.0 Å². The van der Waals surface area contributed by atoms with Crippen LogP contribution in [0.2, 0.25) is 0 Å². The maximum absolute atomic E-state index is 13.9. The van der Waals surface area contributed by atoms with E-state index in [2.05, 4.69) is 10.6 Å². The van der Waals surface area contributed by atoms with E-state index < -0.39 is 27.8 Å². The van der Waals surface area contributed by atoms with Gasteiger partial charge in [-0.05, 0) is 74.3 Å². The van der Waals surface area contributed by atoms with E-state index in [1.165, 1.54) is 27.6 Å². The van der Waals surface area contributed by atoms with E-state index in [-0.39, 0.29) is 0 Å². The topological polar surface area (TPSA) is 111 Å². The van der Waals surface area contributed by atoms with Crippen LogP contribution in [-0.4, -0.2) is 71.9 Å². The highest BCUT2D eigenvalue weighted by molar-refractivity contribution is 7.92. The summed E-state index contributed by atoms with van der Waals surface area (Å²) >= 11 is 0. The number of hydrogen-bond acceptors (Lipinski definition) is 7. The van der Waals surface area contributed by atoms with Gasteiger partial charge in [0.15, 0.2) is 0 Å². The Morgan fingerprint density at radius 3 is 2.34 bits per heavy atom. The van der Waals surface area contributed by atoms with E-state index in [0.717, 1.165) is 0 Å². The lowest BCUT2D eigenvalue weighted by Crippen LogP contribution is -2.35. The third-order valence-electron chi connectivity index (χ3n) is 6.78. The zero-order chi connectivity index (χ0) is 29.3. The molecular formula is C29H30FN5O5S. The number of benzene rings is 3. The van der Waals surface area contributed by atoms with Gasteiger partial charge in [-0.1, -0.05) is 12.1 Å². The SMILES string of the molecule is CN(C)CCN(c1ccc(NC(=C2C(=O)Nc3cc(F)ccc32)c2ccc(N3CCOC3=O)cc2)cc1)S(C)(=O)=O. The van der Waals surface area contributed by atoms with Crippen LogP contribution in [0.4, 0.5) is 31.9 Å². The number of sulfonamides is 1.